The molecule has 5 heteroatoms. The minimum atomic E-state index is 0. The normalized spacial score (nSPS) is 28.8. The smallest absolute Gasteiger partial charge is 0.223 e. The van der Waals surface area contributed by atoms with Gasteiger partial charge in [0, 0.05) is 51.2 Å². The summed E-state index contributed by atoms with van der Waals surface area (Å²) in [6, 6.07) is 1.29. The van der Waals surface area contributed by atoms with Crippen molar-refractivity contribution in [2.45, 2.75) is 51.6 Å². The van der Waals surface area contributed by atoms with Gasteiger partial charge < -0.3 is 10.2 Å². The molecule has 0 aromatic carbocycles. The Balaban J connectivity index is 0.00000180. The molecular formula is C14H28ClN3O. The molecule has 0 radical (unpaired) electrons. The van der Waals surface area contributed by atoms with Gasteiger partial charge in [0.2, 0.25) is 5.91 Å². The molecule has 0 bridgehead atoms. The van der Waals surface area contributed by atoms with Crippen LogP contribution >= 0.6 is 12.4 Å². The molecule has 2 unspecified atom stereocenters. The Morgan fingerprint density at radius 2 is 1.74 bits per heavy atom. The fraction of sp³-hybridized carbons (Fsp3) is 0.929. The third-order valence-electron chi connectivity index (χ3n) is 4.43. The lowest BCUT2D eigenvalue weighted by atomic mass is 9.97. The summed E-state index contributed by atoms with van der Waals surface area (Å²) in [6.07, 6.45) is 4.59. The highest BCUT2D eigenvalue weighted by molar-refractivity contribution is 5.85. The molecule has 0 spiro atoms. The van der Waals surface area contributed by atoms with Gasteiger partial charge in [0.15, 0.2) is 0 Å². The van der Waals surface area contributed by atoms with Crippen molar-refractivity contribution in [3.8, 4) is 0 Å². The van der Waals surface area contributed by atoms with Crippen molar-refractivity contribution in [3.63, 3.8) is 0 Å². The number of carbonyl (C=O) groups is 1. The molecule has 2 fully saturated rings. The van der Waals surface area contributed by atoms with Crippen LogP contribution in [0.25, 0.3) is 0 Å². The van der Waals surface area contributed by atoms with E-state index >= 15 is 0 Å². The Bertz CT molecular complexity index is 272. The minimum absolute atomic E-state index is 0. The predicted molar refractivity (Wildman–Crippen MR) is 80.8 cm³/mol. The summed E-state index contributed by atoms with van der Waals surface area (Å²) in [7, 11) is 0. The number of rotatable bonds is 3. The third kappa shape index (κ3) is 4.62. The van der Waals surface area contributed by atoms with Crippen LogP contribution in [0.3, 0.4) is 0 Å². The van der Waals surface area contributed by atoms with Crippen LogP contribution in [-0.2, 0) is 4.79 Å². The Morgan fingerprint density at radius 3 is 2.32 bits per heavy atom. The average Bonchev–Trinajstić information content (AvgIpc) is 2.39. The lowest BCUT2D eigenvalue weighted by molar-refractivity contribution is -0.132. The summed E-state index contributed by atoms with van der Waals surface area (Å²) < 4.78 is 0. The zero-order chi connectivity index (χ0) is 13.0. The summed E-state index contributed by atoms with van der Waals surface area (Å²) in [4.78, 5) is 16.7. The maximum Gasteiger partial charge on any atom is 0.223 e. The van der Waals surface area contributed by atoms with Crippen LogP contribution in [0.2, 0.25) is 0 Å². The van der Waals surface area contributed by atoms with Crippen LogP contribution in [0.15, 0.2) is 0 Å². The average molecular weight is 290 g/mol. The second-order valence-corrected chi connectivity index (χ2v) is 5.75. The lowest BCUT2D eigenvalue weighted by Crippen LogP contribution is -2.49. The van der Waals surface area contributed by atoms with E-state index in [9.17, 15) is 4.79 Å². The third-order valence-corrected chi connectivity index (χ3v) is 4.43. The van der Waals surface area contributed by atoms with E-state index in [1.165, 1.54) is 19.3 Å². The van der Waals surface area contributed by atoms with Gasteiger partial charge in [0.05, 0.1) is 0 Å². The molecule has 19 heavy (non-hydrogen) atoms. The first-order valence-electron chi connectivity index (χ1n) is 7.42. The minimum Gasteiger partial charge on any atom is -0.340 e. The van der Waals surface area contributed by atoms with Gasteiger partial charge in [0.1, 0.15) is 0 Å². The van der Waals surface area contributed by atoms with Crippen molar-refractivity contribution < 1.29 is 4.79 Å². The number of nitrogens with one attached hydrogen (secondary N) is 1. The van der Waals surface area contributed by atoms with Gasteiger partial charge in [-0.3, -0.25) is 9.69 Å². The Labute approximate surface area is 123 Å². The molecule has 4 nitrogen and oxygen atoms in total. The summed E-state index contributed by atoms with van der Waals surface area (Å²) in [5.41, 5.74) is 0. The van der Waals surface area contributed by atoms with Crippen molar-refractivity contribution >= 4 is 18.3 Å². The maximum atomic E-state index is 12.1. The molecule has 0 aliphatic carbocycles. The quantitative estimate of drug-likeness (QED) is 0.855. The van der Waals surface area contributed by atoms with Gasteiger partial charge in [-0.05, 0) is 26.7 Å². The standard InChI is InChI=1S/C14H27N3O.ClH/c1-12-4-3-5-13(2)17(12)9-6-14(18)16-10-7-15-8-11-16;/h12-13,15H,3-11H2,1-2H3;1H. The highest BCUT2D eigenvalue weighted by atomic mass is 35.5. The molecule has 2 aliphatic rings. The Hall–Kier alpha value is -0.320. The number of piperidine rings is 1. The van der Waals surface area contributed by atoms with Crippen molar-refractivity contribution in [3.05, 3.63) is 0 Å². The fourth-order valence-corrected chi connectivity index (χ4v) is 3.21. The van der Waals surface area contributed by atoms with Gasteiger partial charge in [0.25, 0.3) is 0 Å². The van der Waals surface area contributed by atoms with Gasteiger partial charge >= 0.3 is 0 Å². The van der Waals surface area contributed by atoms with Crippen molar-refractivity contribution in [2.24, 2.45) is 0 Å². The van der Waals surface area contributed by atoms with Gasteiger partial charge in [-0.1, -0.05) is 6.42 Å². The van der Waals surface area contributed by atoms with Gasteiger partial charge in [-0.15, -0.1) is 12.4 Å². The zero-order valence-corrected chi connectivity index (χ0v) is 13.0. The number of carbonyl (C=O) groups excluding carboxylic acids is 1. The molecule has 0 aromatic rings. The zero-order valence-electron chi connectivity index (χ0n) is 12.2. The topological polar surface area (TPSA) is 35.6 Å². The number of likely N-dealkylation sites (tertiary alicyclic amines) is 1. The van der Waals surface area contributed by atoms with E-state index in [2.05, 4.69) is 24.1 Å². The van der Waals surface area contributed by atoms with E-state index in [0.29, 0.717) is 24.4 Å². The Kier molecular flexibility index (Phi) is 7.11. The highest BCUT2D eigenvalue weighted by Gasteiger charge is 2.25. The summed E-state index contributed by atoms with van der Waals surface area (Å²) in [5, 5.41) is 3.28. The predicted octanol–water partition coefficient (Wildman–Crippen LogP) is 1.49. The Morgan fingerprint density at radius 1 is 1.16 bits per heavy atom. The number of piperazine rings is 1. The highest BCUT2D eigenvalue weighted by Crippen LogP contribution is 2.22. The van der Waals surface area contributed by atoms with Crippen molar-refractivity contribution in [1.29, 1.82) is 0 Å². The SMILES string of the molecule is CC1CCCC(C)N1CCC(=O)N1CCNCC1.Cl. The lowest BCUT2D eigenvalue weighted by Gasteiger charge is -2.39. The molecule has 2 rings (SSSR count). The molecule has 2 saturated heterocycles. The van der Waals surface area contributed by atoms with Gasteiger partial charge in [-0.25, -0.2) is 0 Å². The second-order valence-electron chi connectivity index (χ2n) is 5.75. The molecule has 0 aromatic heterocycles. The van der Waals surface area contributed by atoms with E-state index < -0.39 is 0 Å². The summed E-state index contributed by atoms with van der Waals surface area (Å²) in [5.74, 6) is 0.335. The van der Waals surface area contributed by atoms with E-state index in [1.807, 2.05) is 4.90 Å². The number of amides is 1. The maximum absolute atomic E-state index is 12.1. The summed E-state index contributed by atoms with van der Waals surface area (Å²) in [6.45, 7) is 9.18. The molecular weight excluding hydrogens is 262 g/mol. The van der Waals surface area contributed by atoms with Crippen LogP contribution in [0, 0.1) is 0 Å². The molecule has 112 valence electrons. The molecule has 1 N–H and O–H groups in total. The second kappa shape index (κ2) is 8.08. The first-order chi connectivity index (χ1) is 8.68. The van der Waals surface area contributed by atoms with Crippen molar-refractivity contribution in [2.75, 3.05) is 32.7 Å². The first-order valence-corrected chi connectivity index (χ1v) is 7.42. The number of nitrogens with zero attached hydrogens (tertiary/aromatic N) is 2. The summed E-state index contributed by atoms with van der Waals surface area (Å²) >= 11 is 0. The number of hydrogen-bond acceptors (Lipinski definition) is 3. The fourth-order valence-electron chi connectivity index (χ4n) is 3.21. The molecule has 2 heterocycles. The monoisotopic (exact) mass is 289 g/mol. The van der Waals surface area contributed by atoms with E-state index in [4.69, 9.17) is 0 Å². The first kappa shape index (κ1) is 16.7. The van der Waals surface area contributed by atoms with E-state index in [0.717, 1.165) is 32.7 Å². The van der Waals surface area contributed by atoms with Crippen LogP contribution in [0.4, 0.5) is 0 Å². The number of hydrogen-bond donors (Lipinski definition) is 1. The molecule has 2 aliphatic heterocycles. The van der Waals surface area contributed by atoms with E-state index in [-0.39, 0.29) is 12.4 Å². The van der Waals surface area contributed by atoms with E-state index in [1.54, 1.807) is 0 Å². The van der Waals surface area contributed by atoms with Crippen LogP contribution in [0.5, 0.6) is 0 Å². The largest absolute Gasteiger partial charge is 0.340 e. The molecule has 2 atom stereocenters. The van der Waals surface area contributed by atoms with Crippen LogP contribution in [0.1, 0.15) is 39.5 Å². The van der Waals surface area contributed by atoms with Crippen LogP contribution in [-0.4, -0.2) is 60.5 Å². The van der Waals surface area contributed by atoms with Crippen molar-refractivity contribution in [1.82, 2.24) is 15.1 Å². The molecule has 1 amide bonds. The van der Waals surface area contributed by atoms with Crippen LogP contribution < -0.4 is 5.32 Å². The number of halogens is 1. The molecule has 0 saturated carbocycles. The van der Waals surface area contributed by atoms with Gasteiger partial charge in [-0.2, -0.15) is 0 Å².